The molecule has 0 N–H and O–H groups in total. The van der Waals surface area contributed by atoms with Gasteiger partial charge in [0.15, 0.2) is 12.4 Å². The Morgan fingerprint density at radius 1 is 1.07 bits per heavy atom. The summed E-state index contributed by atoms with van der Waals surface area (Å²) in [5, 5.41) is 0. The molecule has 1 saturated heterocycles. The fraction of sp³-hybridized carbons (Fsp3) is 0.524. The summed E-state index contributed by atoms with van der Waals surface area (Å²) in [5.74, 6) is -1.69. The minimum Gasteiger partial charge on any atom is -0.494 e. The Bertz CT molecular complexity index is 748. The van der Waals surface area contributed by atoms with Crippen molar-refractivity contribution in [2.24, 2.45) is 11.8 Å². The predicted octanol–water partition coefficient (Wildman–Crippen LogP) is 2.37. The molecule has 0 spiro atoms. The number of imide groups is 1. The molecule has 7 nitrogen and oxygen atoms in total. The molecule has 0 unspecified atom stereocenters. The number of fused-ring (bicyclic) bond motifs is 1. The highest BCUT2D eigenvalue weighted by atomic mass is 16.5. The van der Waals surface area contributed by atoms with E-state index in [1.54, 1.807) is 24.3 Å². The zero-order chi connectivity index (χ0) is 20.3. The average molecular weight is 387 g/mol. The zero-order valence-electron chi connectivity index (χ0n) is 16.2. The van der Waals surface area contributed by atoms with E-state index in [-0.39, 0.29) is 29.4 Å². The molecule has 2 fully saturated rings. The maximum atomic E-state index is 12.6. The van der Waals surface area contributed by atoms with Crippen molar-refractivity contribution in [1.82, 2.24) is 4.90 Å². The van der Waals surface area contributed by atoms with Gasteiger partial charge < -0.3 is 9.47 Å². The largest absolute Gasteiger partial charge is 0.494 e. The Kier molecular flexibility index (Phi) is 6.11. The third-order valence-corrected chi connectivity index (χ3v) is 5.44. The summed E-state index contributed by atoms with van der Waals surface area (Å²) < 4.78 is 10.4. The Hall–Kier alpha value is -2.70. The van der Waals surface area contributed by atoms with Crippen LogP contribution in [-0.2, 0) is 19.1 Å². The van der Waals surface area contributed by atoms with Crippen LogP contribution in [0.1, 0.15) is 49.9 Å². The van der Waals surface area contributed by atoms with E-state index in [2.05, 4.69) is 0 Å². The molecule has 1 aromatic carbocycles. The zero-order valence-corrected chi connectivity index (χ0v) is 16.2. The van der Waals surface area contributed by atoms with Crippen molar-refractivity contribution < 1.29 is 28.7 Å². The number of Topliss-reactive ketones (excluding diaryl/α,β-unsaturated/α-hetero) is 1. The predicted molar refractivity (Wildman–Crippen MR) is 99.7 cm³/mol. The van der Waals surface area contributed by atoms with Crippen LogP contribution >= 0.6 is 0 Å². The van der Waals surface area contributed by atoms with Gasteiger partial charge in [-0.2, -0.15) is 0 Å². The van der Waals surface area contributed by atoms with Crippen molar-refractivity contribution >= 4 is 23.6 Å². The van der Waals surface area contributed by atoms with Gasteiger partial charge in [0.25, 0.3) is 0 Å². The number of likely N-dealkylation sites (tertiary alicyclic amines) is 1. The van der Waals surface area contributed by atoms with Crippen LogP contribution in [0.5, 0.6) is 5.75 Å². The topological polar surface area (TPSA) is 90.0 Å². The van der Waals surface area contributed by atoms with E-state index in [1.807, 2.05) is 6.92 Å². The van der Waals surface area contributed by atoms with Crippen LogP contribution in [0.3, 0.4) is 0 Å². The molecule has 28 heavy (non-hydrogen) atoms. The SMILES string of the molecule is CCOc1ccc(C(=O)COC(=O)[C@H](C)N2C(=O)[C@H]3CCCC[C@@H]3C2=O)cc1. The minimum absolute atomic E-state index is 0.294. The van der Waals surface area contributed by atoms with Crippen LogP contribution < -0.4 is 4.74 Å². The molecule has 0 bridgehead atoms. The Morgan fingerprint density at radius 3 is 2.18 bits per heavy atom. The number of hydrogen-bond donors (Lipinski definition) is 0. The molecule has 1 aliphatic carbocycles. The van der Waals surface area contributed by atoms with Crippen molar-refractivity contribution in [3.05, 3.63) is 29.8 Å². The van der Waals surface area contributed by atoms with Crippen LogP contribution in [0.15, 0.2) is 24.3 Å². The van der Waals surface area contributed by atoms with Crippen molar-refractivity contribution in [1.29, 1.82) is 0 Å². The monoisotopic (exact) mass is 387 g/mol. The van der Waals surface area contributed by atoms with Crippen molar-refractivity contribution in [2.75, 3.05) is 13.2 Å². The van der Waals surface area contributed by atoms with Crippen LogP contribution in [0.2, 0.25) is 0 Å². The van der Waals surface area contributed by atoms with Gasteiger partial charge in [-0.15, -0.1) is 0 Å². The van der Waals surface area contributed by atoms with Gasteiger partial charge in [0.2, 0.25) is 11.8 Å². The van der Waals surface area contributed by atoms with E-state index < -0.39 is 18.6 Å². The van der Waals surface area contributed by atoms with Crippen LogP contribution in [0, 0.1) is 11.8 Å². The minimum atomic E-state index is -1.03. The first kappa shape index (κ1) is 20.0. The Morgan fingerprint density at radius 2 is 1.64 bits per heavy atom. The van der Waals surface area contributed by atoms with E-state index in [1.165, 1.54) is 6.92 Å². The lowest BCUT2D eigenvalue weighted by Gasteiger charge is -2.21. The molecule has 3 rings (SSSR count). The van der Waals surface area contributed by atoms with E-state index in [4.69, 9.17) is 9.47 Å². The van der Waals surface area contributed by atoms with Gasteiger partial charge in [0.05, 0.1) is 18.4 Å². The standard InChI is InChI=1S/C21H25NO6/c1-3-27-15-10-8-14(9-11-15)18(23)12-28-21(26)13(2)22-19(24)16-6-4-5-7-17(16)20(22)25/h8-11,13,16-17H,3-7,12H2,1-2H3/t13-,16-,17-/m0/s1. The lowest BCUT2D eigenvalue weighted by Crippen LogP contribution is -2.44. The number of ether oxygens (including phenoxy) is 2. The Labute approximate surface area is 164 Å². The summed E-state index contributed by atoms with van der Waals surface area (Å²) in [7, 11) is 0. The number of esters is 1. The molecule has 1 aromatic rings. The first-order valence-corrected chi connectivity index (χ1v) is 9.73. The fourth-order valence-electron chi connectivity index (χ4n) is 3.92. The van der Waals surface area contributed by atoms with Crippen molar-refractivity contribution in [2.45, 2.75) is 45.6 Å². The highest BCUT2D eigenvalue weighted by Gasteiger charge is 2.51. The molecular formula is C21H25NO6. The van der Waals surface area contributed by atoms with E-state index in [0.29, 0.717) is 30.8 Å². The van der Waals surface area contributed by atoms with Gasteiger partial charge >= 0.3 is 5.97 Å². The molecule has 0 aromatic heterocycles. The Balaban J connectivity index is 1.57. The third kappa shape index (κ3) is 3.93. The smallest absolute Gasteiger partial charge is 0.329 e. The first-order valence-electron chi connectivity index (χ1n) is 9.73. The molecule has 150 valence electrons. The van der Waals surface area contributed by atoms with E-state index >= 15 is 0 Å². The summed E-state index contributed by atoms with van der Waals surface area (Å²) in [5.41, 5.74) is 0.392. The molecule has 2 amide bonds. The molecule has 1 saturated carbocycles. The molecule has 3 atom stereocenters. The number of amides is 2. The number of carbonyl (C=O) groups excluding carboxylic acids is 4. The maximum Gasteiger partial charge on any atom is 0.329 e. The summed E-state index contributed by atoms with van der Waals surface area (Å²) in [6.45, 7) is 3.42. The summed E-state index contributed by atoms with van der Waals surface area (Å²) in [6.07, 6.45) is 3.21. The van der Waals surface area contributed by atoms with Gasteiger partial charge in [-0.25, -0.2) is 4.79 Å². The second-order valence-corrected chi connectivity index (χ2v) is 7.21. The molecule has 0 radical (unpaired) electrons. The third-order valence-electron chi connectivity index (χ3n) is 5.44. The highest BCUT2D eigenvalue weighted by molar-refractivity contribution is 6.08. The van der Waals surface area contributed by atoms with Crippen LogP contribution in [0.25, 0.3) is 0 Å². The quantitative estimate of drug-likeness (QED) is 0.405. The number of rotatable bonds is 7. The van der Waals surface area contributed by atoms with Gasteiger partial charge in [-0.05, 0) is 51.0 Å². The number of nitrogens with zero attached hydrogens (tertiary/aromatic N) is 1. The van der Waals surface area contributed by atoms with Crippen LogP contribution in [-0.4, -0.2) is 47.7 Å². The molecule has 7 heteroatoms. The number of ketones is 1. The van der Waals surface area contributed by atoms with Crippen molar-refractivity contribution in [3.8, 4) is 5.75 Å². The average Bonchev–Trinajstić information content (AvgIpc) is 2.97. The van der Waals surface area contributed by atoms with E-state index in [0.717, 1.165) is 17.7 Å². The summed E-state index contributed by atoms with van der Waals surface area (Å²) >= 11 is 0. The second-order valence-electron chi connectivity index (χ2n) is 7.21. The normalized spacial score (nSPS) is 22.6. The molecular weight excluding hydrogens is 362 g/mol. The van der Waals surface area contributed by atoms with E-state index in [9.17, 15) is 19.2 Å². The van der Waals surface area contributed by atoms with Crippen molar-refractivity contribution in [3.63, 3.8) is 0 Å². The summed E-state index contributed by atoms with van der Waals surface area (Å²) in [4.78, 5) is 50.7. The second kappa shape index (κ2) is 8.54. The van der Waals surface area contributed by atoms with Crippen LogP contribution in [0.4, 0.5) is 0 Å². The van der Waals surface area contributed by atoms with Gasteiger partial charge in [-0.3, -0.25) is 19.3 Å². The number of carbonyl (C=O) groups is 4. The maximum absolute atomic E-state index is 12.6. The van der Waals surface area contributed by atoms with Gasteiger partial charge in [-0.1, -0.05) is 12.8 Å². The number of hydrogen-bond acceptors (Lipinski definition) is 6. The molecule has 1 aliphatic heterocycles. The molecule has 1 heterocycles. The number of benzene rings is 1. The highest BCUT2D eigenvalue weighted by Crippen LogP contribution is 2.38. The van der Waals surface area contributed by atoms with Gasteiger partial charge in [0, 0.05) is 5.56 Å². The lowest BCUT2D eigenvalue weighted by atomic mass is 9.81. The lowest BCUT2D eigenvalue weighted by molar-refractivity contribution is -0.157. The fourth-order valence-corrected chi connectivity index (χ4v) is 3.92. The summed E-state index contributed by atoms with van der Waals surface area (Å²) in [6, 6.07) is 5.51. The molecule has 2 aliphatic rings. The van der Waals surface area contributed by atoms with Gasteiger partial charge in [0.1, 0.15) is 11.8 Å². The first-order chi connectivity index (χ1) is 13.4.